The minimum Gasteiger partial charge on any atom is -0.387 e. The average Bonchev–Trinajstić information content (AvgIpc) is 3.83. The molecule has 1 aliphatic heterocycles. The fourth-order valence-electron chi connectivity index (χ4n) is 7.18. The van der Waals surface area contributed by atoms with Crippen LogP contribution in [0.1, 0.15) is 42.3 Å². The highest BCUT2D eigenvalue weighted by atomic mass is 32.2. The number of hydrogen-bond donors (Lipinski definition) is 5. The predicted molar refractivity (Wildman–Crippen MR) is 233 cm³/mol. The molecule has 4 aromatic carbocycles. The molecule has 3 heterocycles. The molecule has 2 aromatic heterocycles. The summed E-state index contributed by atoms with van der Waals surface area (Å²) >= 11 is 0.972. The Balaban J connectivity index is 1.04. The molecule has 18 heteroatoms. The number of anilines is 1. The van der Waals surface area contributed by atoms with Gasteiger partial charge in [-0.2, -0.15) is 4.98 Å². The van der Waals surface area contributed by atoms with Crippen LogP contribution in [0.15, 0.2) is 132 Å². The van der Waals surface area contributed by atoms with Crippen LogP contribution in [0.3, 0.4) is 0 Å². The average molecular weight is 887 g/mol. The molecular weight excluding hydrogens is 839 g/mol. The third-order valence-electron chi connectivity index (χ3n) is 10.6. The Morgan fingerprint density at radius 3 is 2.08 bits per heavy atom. The molecule has 1 saturated heterocycles. The van der Waals surface area contributed by atoms with Crippen molar-refractivity contribution < 1.29 is 42.5 Å². The summed E-state index contributed by atoms with van der Waals surface area (Å²) in [5, 5.41) is 24.8. The highest BCUT2D eigenvalue weighted by Gasteiger charge is 2.57. The minimum absolute atomic E-state index is 0.0144. The van der Waals surface area contributed by atoms with Crippen LogP contribution >= 0.6 is 19.5 Å². The van der Waals surface area contributed by atoms with Crippen LogP contribution in [0.4, 0.5) is 10.3 Å². The van der Waals surface area contributed by atoms with Crippen molar-refractivity contribution in [2.24, 2.45) is 5.41 Å². The number of alkyl halides is 1. The molecule has 1 fully saturated rings. The lowest BCUT2D eigenvalue weighted by atomic mass is 9.79. The second-order valence-electron chi connectivity index (χ2n) is 15.4. The normalized spacial score (nSPS) is 20.3. The molecule has 15 nitrogen and oxygen atoms in total. The summed E-state index contributed by atoms with van der Waals surface area (Å²) in [7, 11) is -4.34. The zero-order chi connectivity index (χ0) is 44.0. The van der Waals surface area contributed by atoms with Crippen molar-refractivity contribution in [3.05, 3.63) is 160 Å². The van der Waals surface area contributed by atoms with Crippen molar-refractivity contribution in [1.29, 1.82) is 0 Å². The summed E-state index contributed by atoms with van der Waals surface area (Å²) in [4.78, 5) is 36.6. The van der Waals surface area contributed by atoms with Crippen molar-refractivity contribution in [2.45, 2.75) is 50.0 Å². The first kappa shape index (κ1) is 45.0. The molecule has 0 radical (unpaired) electrons. The topological polar surface area (TPSA) is 213 Å². The highest BCUT2D eigenvalue weighted by molar-refractivity contribution is 8.13. The molecule has 6 N–H and O–H groups in total. The number of nitrogens with one attached hydrogen (secondary N) is 2. The van der Waals surface area contributed by atoms with Gasteiger partial charge in [0.1, 0.15) is 24.5 Å². The van der Waals surface area contributed by atoms with Crippen molar-refractivity contribution in [3.63, 3.8) is 0 Å². The number of nitrogens with two attached hydrogens (primary N) is 1. The molecule has 62 heavy (non-hydrogen) atoms. The fourth-order valence-corrected chi connectivity index (χ4v) is 9.46. The Hall–Kier alpha value is -5.07. The first-order valence-corrected chi connectivity index (χ1v) is 22.3. The summed E-state index contributed by atoms with van der Waals surface area (Å²) < 4.78 is 54.9. The number of aliphatic hydroxyl groups excluding tert-OH is 2. The van der Waals surface area contributed by atoms with Gasteiger partial charge in [-0.1, -0.05) is 133 Å². The Kier molecular flexibility index (Phi) is 13.9. The van der Waals surface area contributed by atoms with Gasteiger partial charge in [0.2, 0.25) is 5.95 Å². The highest BCUT2D eigenvalue weighted by Crippen LogP contribution is 2.48. The number of benzene rings is 4. The first-order valence-electron chi connectivity index (χ1n) is 19.8. The van der Waals surface area contributed by atoms with Crippen LogP contribution in [0.25, 0.3) is 11.2 Å². The van der Waals surface area contributed by atoms with Crippen molar-refractivity contribution in [3.8, 4) is 0 Å². The van der Waals surface area contributed by atoms with Gasteiger partial charge in [-0.3, -0.25) is 28.2 Å². The lowest BCUT2D eigenvalue weighted by molar-refractivity contribution is -0.133. The molecule has 7 rings (SSSR count). The van der Waals surface area contributed by atoms with E-state index in [4.69, 9.17) is 24.3 Å². The van der Waals surface area contributed by atoms with E-state index >= 15 is 0 Å². The van der Waals surface area contributed by atoms with Crippen molar-refractivity contribution in [1.82, 2.24) is 24.6 Å². The Morgan fingerprint density at radius 1 is 0.952 bits per heavy atom. The van der Waals surface area contributed by atoms with Gasteiger partial charge in [-0.15, -0.1) is 0 Å². The molecular formula is C44H48FN6O9PS. The molecule has 0 aliphatic carbocycles. The summed E-state index contributed by atoms with van der Waals surface area (Å²) in [6, 6.07) is 38.5. The molecule has 0 saturated carbocycles. The first-order chi connectivity index (χ1) is 29.8. The molecule has 5 atom stereocenters. The van der Waals surface area contributed by atoms with Gasteiger partial charge < -0.3 is 25.4 Å². The van der Waals surface area contributed by atoms with Gasteiger partial charge in [0.05, 0.1) is 31.6 Å². The number of aliphatic hydroxyl groups is 2. The number of nitrogens with zero attached hydrogens (tertiary/aromatic N) is 3. The van der Waals surface area contributed by atoms with E-state index in [1.807, 2.05) is 97.1 Å². The second-order valence-corrected chi connectivity index (χ2v) is 18.3. The van der Waals surface area contributed by atoms with E-state index < -0.39 is 61.6 Å². The van der Waals surface area contributed by atoms with Gasteiger partial charge in [-0.25, -0.2) is 19.0 Å². The van der Waals surface area contributed by atoms with E-state index in [1.165, 1.54) is 0 Å². The number of hydrogen-bond acceptors (Lipinski definition) is 13. The van der Waals surface area contributed by atoms with Gasteiger partial charge >= 0.3 is 7.75 Å². The predicted octanol–water partition coefficient (Wildman–Crippen LogP) is 5.89. The zero-order valence-electron chi connectivity index (χ0n) is 34.0. The quantitative estimate of drug-likeness (QED) is 0.0365. The van der Waals surface area contributed by atoms with E-state index in [2.05, 4.69) is 20.0 Å². The number of imidazole rings is 1. The Bertz CT molecular complexity index is 2440. The number of carbonyl (C=O) groups is 1. The SMILES string of the molecule is CC(C)(COC(c1ccccc1)(c1ccccc1)c1ccccc1)C(=O)SCCOP(=O)(NCc1ccccc1)OC[C@@]1(CF)O[C@@H](n2cnc3c(=O)[nH]c(N)nc32)[C@H](O)[C@@H]1O. The van der Waals surface area contributed by atoms with E-state index in [1.54, 1.807) is 38.1 Å². The summed E-state index contributed by atoms with van der Waals surface area (Å²) in [6.45, 7) is 1.17. The maximum absolute atomic E-state index is 15.0. The minimum atomic E-state index is -4.34. The molecule has 0 bridgehead atoms. The van der Waals surface area contributed by atoms with Crippen LogP contribution in [0.2, 0.25) is 0 Å². The standard InChI is InChI=1S/C44H48FN6O9PS/c1-42(2,27-57-44(31-17-9-4-10-18-31,32-19-11-5-12-20-32)33-21-13-6-14-22-33)40(55)62-24-23-58-61(56,48-25-30-15-7-3-8-16-30)59-28-43(26-45)36(53)35(52)39(60-43)51-29-47-34-37(51)49-41(46)50-38(34)54/h3-22,29,35-36,39,52-53H,23-28H2,1-2H3,(H,48,56)(H3,46,49,50,54)/t35-,36+,39-,43-,61?/m1/s1. The van der Waals surface area contributed by atoms with E-state index in [9.17, 15) is 28.8 Å². The van der Waals surface area contributed by atoms with Crippen LogP contribution in [-0.2, 0) is 40.0 Å². The molecule has 0 spiro atoms. The lowest BCUT2D eigenvalue weighted by Crippen LogP contribution is -2.49. The van der Waals surface area contributed by atoms with Crippen LogP contribution in [-0.4, -0.2) is 84.9 Å². The number of aromatic amines is 1. The zero-order valence-corrected chi connectivity index (χ0v) is 35.7. The number of thioether (sulfide) groups is 1. The number of carbonyl (C=O) groups excluding carboxylic acids is 1. The fraction of sp³-hybridized carbons (Fsp3) is 0.318. The van der Waals surface area contributed by atoms with Crippen molar-refractivity contribution in [2.75, 3.05) is 38.0 Å². The van der Waals surface area contributed by atoms with Crippen LogP contribution in [0.5, 0.6) is 0 Å². The summed E-state index contributed by atoms with van der Waals surface area (Å²) in [5.74, 6) is -0.186. The number of nitrogen functional groups attached to an aromatic ring is 1. The lowest BCUT2D eigenvalue weighted by Gasteiger charge is -2.38. The van der Waals surface area contributed by atoms with Gasteiger partial charge in [-0.05, 0) is 36.1 Å². The Labute approximate surface area is 361 Å². The maximum atomic E-state index is 15.0. The molecule has 6 aromatic rings. The number of ether oxygens (including phenoxy) is 2. The third-order valence-corrected chi connectivity index (χ3v) is 13.3. The number of fused-ring (bicyclic) bond motifs is 1. The Morgan fingerprint density at radius 2 is 1.52 bits per heavy atom. The smallest absolute Gasteiger partial charge is 0.387 e. The largest absolute Gasteiger partial charge is 0.405 e. The van der Waals surface area contributed by atoms with Crippen LogP contribution < -0.4 is 16.4 Å². The number of halogens is 1. The second kappa shape index (κ2) is 19.1. The molecule has 1 unspecified atom stereocenters. The molecule has 1 aliphatic rings. The monoisotopic (exact) mass is 886 g/mol. The van der Waals surface area contributed by atoms with Crippen LogP contribution in [0, 0.1) is 5.41 Å². The van der Waals surface area contributed by atoms with Crippen molar-refractivity contribution >= 4 is 41.7 Å². The van der Waals surface area contributed by atoms with E-state index in [0.717, 1.165) is 44.9 Å². The molecule has 326 valence electrons. The van der Waals surface area contributed by atoms with Gasteiger partial charge in [0.15, 0.2) is 28.1 Å². The number of H-pyrrole nitrogens is 1. The third kappa shape index (κ3) is 9.46. The van der Waals surface area contributed by atoms with Gasteiger partial charge in [0, 0.05) is 12.3 Å². The summed E-state index contributed by atoms with van der Waals surface area (Å²) in [5.41, 5.74) is 3.97. The summed E-state index contributed by atoms with van der Waals surface area (Å²) in [6.07, 6.45) is -4.02. The number of rotatable bonds is 19. The van der Waals surface area contributed by atoms with Gasteiger partial charge in [0.25, 0.3) is 5.56 Å². The number of aromatic nitrogens is 4. The molecule has 0 amide bonds. The maximum Gasteiger partial charge on any atom is 0.405 e. The van der Waals surface area contributed by atoms with E-state index in [-0.39, 0.29) is 47.7 Å². The van der Waals surface area contributed by atoms with E-state index in [0.29, 0.717) is 0 Å².